The number of nitrogen functional groups attached to an aromatic ring is 1. The van der Waals surface area contributed by atoms with Crippen molar-refractivity contribution < 1.29 is 14.3 Å². The van der Waals surface area contributed by atoms with Gasteiger partial charge in [-0.1, -0.05) is 35.9 Å². The molecule has 34 heavy (non-hydrogen) atoms. The number of hydrogen-bond acceptors (Lipinski definition) is 7. The van der Waals surface area contributed by atoms with Crippen LogP contribution in [0.25, 0.3) is 0 Å². The number of ketones is 1. The molecule has 8 nitrogen and oxygen atoms in total. The fourth-order valence-corrected chi connectivity index (χ4v) is 4.19. The molecular formula is C26H29N5O3. The van der Waals surface area contributed by atoms with E-state index in [2.05, 4.69) is 15.3 Å². The second-order valence-electron chi connectivity index (χ2n) is 8.34. The Labute approximate surface area is 199 Å². The molecule has 4 rings (SSSR count). The second kappa shape index (κ2) is 10.2. The van der Waals surface area contributed by atoms with Gasteiger partial charge in [0, 0.05) is 42.3 Å². The van der Waals surface area contributed by atoms with Crippen LogP contribution in [0.3, 0.4) is 0 Å². The molecule has 1 aliphatic rings. The summed E-state index contributed by atoms with van der Waals surface area (Å²) in [6, 6.07) is 16.3. The first-order chi connectivity index (χ1) is 16.5. The van der Waals surface area contributed by atoms with E-state index in [0.29, 0.717) is 22.5 Å². The van der Waals surface area contributed by atoms with Crippen LogP contribution in [0.5, 0.6) is 0 Å². The van der Waals surface area contributed by atoms with Gasteiger partial charge in [0.1, 0.15) is 0 Å². The fraction of sp³-hybridized carbons (Fsp3) is 0.269. The molecule has 0 unspecified atom stereocenters. The third kappa shape index (κ3) is 4.96. The van der Waals surface area contributed by atoms with Crippen molar-refractivity contribution in [1.29, 1.82) is 0 Å². The summed E-state index contributed by atoms with van der Waals surface area (Å²) in [4.78, 5) is 32.4. The Morgan fingerprint density at radius 1 is 1.06 bits per heavy atom. The summed E-state index contributed by atoms with van der Waals surface area (Å²) < 4.78 is 5.06. The van der Waals surface area contributed by atoms with Crippen LogP contribution >= 0.6 is 0 Å². The van der Waals surface area contributed by atoms with Gasteiger partial charge >= 0.3 is 6.09 Å². The number of nitrogens with two attached hydrogens (primary N) is 1. The molecule has 1 aliphatic heterocycles. The smallest absolute Gasteiger partial charge is 0.428 e. The van der Waals surface area contributed by atoms with Crippen molar-refractivity contribution in [1.82, 2.24) is 9.99 Å². The van der Waals surface area contributed by atoms with Crippen molar-refractivity contribution in [3.8, 4) is 0 Å². The first kappa shape index (κ1) is 23.1. The largest absolute Gasteiger partial charge is 0.452 e. The number of aryl methyl sites for hydroxylation is 1. The minimum absolute atomic E-state index is 0.132. The number of carbonyl (C=O) groups excluding carboxylic acids is 2. The van der Waals surface area contributed by atoms with Gasteiger partial charge in [-0.25, -0.2) is 9.80 Å². The average molecular weight is 460 g/mol. The molecule has 0 aliphatic carbocycles. The molecule has 1 aromatic heterocycles. The zero-order valence-corrected chi connectivity index (χ0v) is 19.4. The number of anilines is 3. The molecule has 0 atom stereocenters. The molecule has 0 radical (unpaired) electrons. The minimum Gasteiger partial charge on any atom is -0.452 e. The summed E-state index contributed by atoms with van der Waals surface area (Å²) in [5.74, 6) is -0.174. The number of rotatable bonds is 6. The molecule has 2 aromatic carbocycles. The fourth-order valence-electron chi connectivity index (χ4n) is 4.19. The number of para-hydroxylation sites is 1. The van der Waals surface area contributed by atoms with Gasteiger partial charge in [-0.05, 0) is 44.0 Å². The molecular weight excluding hydrogens is 430 g/mol. The molecule has 0 spiro atoms. The van der Waals surface area contributed by atoms with E-state index in [1.807, 2.05) is 31.2 Å². The number of aromatic nitrogens is 1. The number of hydrazine groups is 1. The Bertz CT molecular complexity index is 1140. The SMILES string of the molecule is COC(=O)N(Nc1c(N)cccc1C(=O)c1ccc(C)cc1)C1CCN(c2ccncc2)CC1. The van der Waals surface area contributed by atoms with E-state index in [4.69, 9.17) is 10.5 Å². The standard InChI is InChI=1S/C26H29N5O3/c1-18-6-8-19(9-7-18)25(32)22-4-3-5-23(27)24(22)29-31(26(33)34-2)21-12-16-30(17-13-21)20-10-14-28-15-11-20/h3-11,14-15,21,29H,12-13,16-17,27H2,1-2H3. The molecule has 0 bridgehead atoms. The molecule has 1 fully saturated rings. The number of pyridine rings is 1. The summed E-state index contributed by atoms with van der Waals surface area (Å²) in [5, 5.41) is 1.46. The zero-order valence-electron chi connectivity index (χ0n) is 19.4. The quantitative estimate of drug-likeness (QED) is 0.323. The molecule has 3 aromatic rings. The maximum absolute atomic E-state index is 13.3. The van der Waals surface area contributed by atoms with E-state index >= 15 is 0 Å². The lowest BCUT2D eigenvalue weighted by atomic mass is 10.00. The van der Waals surface area contributed by atoms with E-state index in [1.165, 1.54) is 12.1 Å². The normalized spacial score (nSPS) is 13.9. The molecule has 3 N–H and O–H groups in total. The van der Waals surface area contributed by atoms with Gasteiger partial charge in [-0.15, -0.1) is 0 Å². The minimum atomic E-state index is -0.528. The molecule has 1 saturated heterocycles. The van der Waals surface area contributed by atoms with Crippen molar-refractivity contribution in [2.75, 3.05) is 36.3 Å². The maximum Gasteiger partial charge on any atom is 0.428 e. The first-order valence-electron chi connectivity index (χ1n) is 11.3. The van der Waals surface area contributed by atoms with Gasteiger partial charge in [0.25, 0.3) is 0 Å². The Morgan fingerprint density at radius 3 is 2.38 bits per heavy atom. The second-order valence-corrected chi connectivity index (χ2v) is 8.34. The van der Waals surface area contributed by atoms with Gasteiger partial charge in [-0.2, -0.15) is 0 Å². The Kier molecular flexibility index (Phi) is 6.96. The highest BCUT2D eigenvalue weighted by molar-refractivity contribution is 6.13. The van der Waals surface area contributed by atoms with E-state index < -0.39 is 6.09 Å². The number of amides is 1. The molecule has 8 heteroatoms. The lowest BCUT2D eigenvalue weighted by Gasteiger charge is -2.39. The number of ether oxygens (including phenoxy) is 1. The lowest BCUT2D eigenvalue weighted by Crippen LogP contribution is -2.50. The third-order valence-electron chi connectivity index (χ3n) is 6.12. The maximum atomic E-state index is 13.3. The summed E-state index contributed by atoms with van der Waals surface area (Å²) >= 11 is 0. The van der Waals surface area contributed by atoms with Crippen molar-refractivity contribution in [2.24, 2.45) is 0 Å². The predicted molar refractivity (Wildman–Crippen MR) is 133 cm³/mol. The highest BCUT2D eigenvalue weighted by Crippen LogP contribution is 2.29. The third-order valence-corrected chi connectivity index (χ3v) is 6.12. The van der Waals surface area contributed by atoms with E-state index in [9.17, 15) is 9.59 Å². The number of hydrogen-bond donors (Lipinski definition) is 2. The summed E-state index contributed by atoms with van der Waals surface area (Å²) in [7, 11) is 1.34. The van der Waals surface area contributed by atoms with Gasteiger partial charge in [0.05, 0.1) is 24.5 Å². The summed E-state index contributed by atoms with van der Waals surface area (Å²) in [6.07, 6.45) is 4.46. The van der Waals surface area contributed by atoms with Gasteiger partial charge in [0.15, 0.2) is 5.78 Å². The molecule has 176 valence electrons. The number of nitrogens with one attached hydrogen (secondary N) is 1. The number of carbonyl (C=O) groups is 2. The van der Waals surface area contributed by atoms with Crippen LogP contribution in [0.2, 0.25) is 0 Å². The predicted octanol–water partition coefficient (Wildman–Crippen LogP) is 4.27. The molecule has 2 heterocycles. The van der Waals surface area contributed by atoms with Crippen LogP contribution in [-0.4, -0.2) is 48.1 Å². The van der Waals surface area contributed by atoms with Gasteiger partial charge in [0.2, 0.25) is 0 Å². The summed E-state index contributed by atoms with van der Waals surface area (Å²) in [6.45, 7) is 3.50. The average Bonchev–Trinajstić information content (AvgIpc) is 2.88. The van der Waals surface area contributed by atoms with Crippen molar-refractivity contribution >= 4 is 28.9 Å². The Balaban J connectivity index is 1.57. The van der Waals surface area contributed by atoms with E-state index in [-0.39, 0.29) is 11.8 Å². The number of piperidine rings is 1. The Hall–Kier alpha value is -4.07. The van der Waals surface area contributed by atoms with Gasteiger partial charge < -0.3 is 15.4 Å². The monoisotopic (exact) mass is 459 g/mol. The number of benzene rings is 2. The highest BCUT2D eigenvalue weighted by atomic mass is 16.5. The Morgan fingerprint density at radius 2 is 1.74 bits per heavy atom. The van der Waals surface area contributed by atoms with Crippen LogP contribution in [0, 0.1) is 6.92 Å². The number of nitrogens with zero attached hydrogens (tertiary/aromatic N) is 3. The topological polar surface area (TPSA) is 101 Å². The van der Waals surface area contributed by atoms with Crippen molar-refractivity contribution in [3.05, 3.63) is 83.7 Å². The van der Waals surface area contributed by atoms with Crippen LogP contribution in [0.4, 0.5) is 21.9 Å². The number of methoxy groups -OCH3 is 1. The summed E-state index contributed by atoms with van der Waals surface area (Å²) in [5.41, 5.74) is 13.3. The molecule has 0 saturated carbocycles. The highest BCUT2D eigenvalue weighted by Gasteiger charge is 2.30. The van der Waals surface area contributed by atoms with Crippen molar-refractivity contribution in [2.45, 2.75) is 25.8 Å². The molecule has 1 amide bonds. The van der Waals surface area contributed by atoms with Crippen LogP contribution in [-0.2, 0) is 4.74 Å². The van der Waals surface area contributed by atoms with Crippen LogP contribution in [0.1, 0.15) is 34.3 Å². The van der Waals surface area contributed by atoms with Gasteiger partial charge in [-0.3, -0.25) is 15.2 Å². The lowest BCUT2D eigenvalue weighted by molar-refractivity contribution is 0.103. The van der Waals surface area contributed by atoms with Crippen LogP contribution < -0.4 is 16.1 Å². The van der Waals surface area contributed by atoms with E-state index in [0.717, 1.165) is 37.2 Å². The first-order valence-corrected chi connectivity index (χ1v) is 11.3. The van der Waals surface area contributed by atoms with Crippen LogP contribution in [0.15, 0.2) is 67.0 Å². The van der Waals surface area contributed by atoms with Crippen molar-refractivity contribution in [3.63, 3.8) is 0 Å². The van der Waals surface area contributed by atoms with E-state index in [1.54, 1.807) is 42.7 Å². The zero-order chi connectivity index (χ0) is 24.1.